The Bertz CT molecular complexity index is 215. The van der Waals surface area contributed by atoms with Gasteiger partial charge in [0.2, 0.25) is 0 Å². The highest BCUT2D eigenvalue weighted by Gasteiger charge is 2.07. The van der Waals surface area contributed by atoms with Crippen LogP contribution in [0, 0.1) is 0 Å². The molecule has 0 saturated heterocycles. The molecule has 0 aliphatic carbocycles. The van der Waals surface area contributed by atoms with Gasteiger partial charge in [-0.3, -0.25) is 0 Å². The fraction of sp³-hybridized carbons (Fsp3) is 0.400. The van der Waals surface area contributed by atoms with Crippen LogP contribution in [-0.2, 0) is 0 Å². The van der Waals surface area contributed by atoms with E-state index < -0.39 is 6.10 Å². The summed E-state index contributed by atoms with van der Waals surface area (Å²) >= 11 is 4.62. The van der Waals surface area contributed by atoms with Gasteiger partial charge < -0.3 is 10.8 Å². The second kappa shape index (κ2) is 3.43. The molecule has 0 bridgehead atoms. The number of nitrogens with zero attached hydrogens (tertiary/aromatic N) is 1. The second-order valence-corrected chi connectivity index (χ2v) is 3.91. The number of aliphatic hydroxyl groups is 1. The summed E-state index contributed by atoms with van der Waals surface area (Å²) in [5.41, 5.74) is 5.85. The Kier molecular flexibility index (Phi) is 2.79. The van der Waals surface area contributed by atoms with Gasteiger partial charge in [-0.15, -0.1) is 11.3 Å². The zero-order chi connectivity index (χ0) is 7.56. The van der Waals surface area contributed by atoms with Gasteiger partial charge in [0.05, 0.1) is 5.69 Å². The number of thiazole rings is 1. The molecule has 1 aromatic rings. The van der Waals surface area contributed by atoms with Crippen molar-refractivity contribution in [2.24, 2.45) is 5.73 Å². The Labute approximate surface area is 71.0 Å². The lowest BCUT2D eigenvalue weighted by atomic mass is 10.3. The van der Waals surface area contributed by atoms with Crippen molar-refractivity contribution in [1.82, 2.24) is 4.98 Å². The molecule has 0 saturated carbocycles. The Balaban J connectivity index is 2.74. The van der Waals surface area contributed by atoms with Crippen LogP contribution < -0.4 is 5.73 Å². The second-order valence-electron chi connectivity index (χ2n) is 1.78. The molecule has 1 heterocycles. The van der Waals surface area contributed by atoms with E-state index in [2.05, 4.69) is 20.9 Å². The lowest BCUT2D eigenvalue weighted by Crippen LogP contribution is -2.11. The van der Waals surface area contributed by atoms with Crippen molar-refractivity contribution in [2.75, 3.05) is 6.54 Å². The largest absolute Gasteiger partial charge is 0.385 e. The minimum Gasteiger partial charge on any atom is -0.385 e. The maximum Gasteiger partial charge on any atom is 0.159 e. The van der Waals surface area contributed by atoms with Crippen LogP contribution in [-0.4, -0.2) is 16.6 Å². The quantitative estimate of drug-likeness (QED) is 0.782. The first kappa shape index (κ1) is 8.13. The van der Waals surface area contributed by atoms with Crippen LogP contribution in [0.25, 0.3) is 0 Å². The molecule has 0 aromatic carbocycles. The predicted octanol–water partition coefficient (Wildman–Crippen LogP) is 0.898. The molecule has 0 spiro atoms. The first-order valence-electron chi connectivity index (χ1n) is 2.73. The van der Waals surface area contributed by atoms with Crippen molar-refractivity contribution >= 4 is 27.3 Å². The van der Waals surface area contributed by atoms with E-state index in [0.717, 1.165) is 3.92 Å². The SMILES string of the molecule is NCC(O)c1csc(Br)n1. The van der Waals surface area contributed by atoms with Gasteiger partial charge in [0.1, 0.15) is 6.10 Å². The molecule has 3 N–H and O–H groups in total. The molecule has 1 rings (SSSR count). The molecule has 1 unspecified atom stereocenters. The molecule has 1 aromatic heterocycles. The van der Waals surface area contributed by atoms with Crippen molar-refractivity contribution in [3.8, 4) is 0 Å². The average molecular weight is 223 g/mol. The van der Waals surface area contributed by atoms with Crippen LogP contribution >= 0.6 is 27.3 Å². The van der Waals surface area contributed by atoms with Gasteiger partial charge in [-0.25, -0.2) is 4.98 Å². The minimum atomic E-state index is -0.623. The third-order valence-corrected chi connectivity index (χ3v) is 2.44. The van der Waals surface area contributed by atoms with Crippen LogP contribution in [0.2, 0.25) is 0 Å². The fourth-order valence-corrected chi connectivity index (χ4v) is 1.61. The van der Waals surface area contributed by atoms with Gasteiger partial charge in [-0.1, -0.05) is 0 Å². The van der Waals surface area contributed by atoms with E-state index in [-0.39, 0.29) is 6.54 Å². The van der Waals surface area contributed by atoms with Crippen molar-refractivity contribution in [1.29, 1.82) is 0 Å². The predicted molar refractivity (Wildman–Crippen MR) is 43.8 cm³/mol. The Morgan fingerprint density at radius 1 is 1.90 bits per heavy atom. The third-order valence-electron chi connectivity index (χ3n) is 1.06. The molecule has 0 aliphatic heterocycles. The number of nitrogens with two attached hydrogens (primary N) is 1. The van der Waals surface area contributed by atoms with Crippen LogP contribution in [0.15, 0.2) is 9.30 Å². The maximum absolute atomic E-state index is 9.14. The Morgan fingerprint density at radius 3 is 3.00 bits per heavy atom. The van der Waals surface area contributed by atoms with Gasteiger partial charge >= 0.3 is 0 Å². The summed E-state index contributed by atoms with van der Waals surface area (Å²) in [5.74, 6) is 0. The van der Waals surface area contributed by atoms with E-state index in [1.807, 2.05) is 0 Å². The van der Waals surface area contributed by atoms with Gasteiger partial charge in [0.15, 0.2) is 3.92 Å². The van der Waals surface area contributed by atoms with Gasteiger partial charge in [0.25, 0.3) is 0 Å². The van der Waals surface area contributed by atoms with E-state index in [1.165, 1.54) is 11.3 Å². The normalized spacial score (nSPS) is 13.5. The number of aromatic nitrogens is 1. The molecular weight excluding hydrogens is 216 g/mol. The van der Waals surface area contributed by atoms with E-state index in [4.69, 9.17) is 10.8 Å². The van der Waals surface area contributed by atoms with Gasteiger partial charge in [-0.2, -0.15) is 0 Å². The molecule has 5 heteroatoms. The smallest absolute Gasteiger partial charge is 0.159 e. The standard InChI is InChI=1S/C5H7BrN2OS/c6-5-8-3(2-10-5)4(9)1-7/h2,4,9H,1,7H2. The summed E-state index contributed by atoms with van der Waals surface area (Å²) in [5, 5.41) is 10.9. The molecule has 10 heavy (non-hydrogen) atoms. The van der Waals surface area contributed by atoms with E-state index in [9.17, 15) is 0 Å². The number of halogens is 1. The minimum absolute atomic E-state index is 0.218. The number of hydrogen-bond acceptors (Lipinski definition) is 4. The molecule has 0 radical (unpaired) electrons. The summed E-state index contributed by atoms with van der Waals surface area (Å²) in [6.45, 7) is 0.218. The van der Waals surface area contributed by atoms with Crippen LogP contribution in [0.1, 0.15) is 11.8 Å². The molecular formula is C5H7BrN2OS. The van der Waals surface area contributed by atoms with Gasteiger partial charge in [0, 0.05) is 11.9 Å². The van der Waals surface area contributed by atoms with E-state index in [1.54, 1.807) is 5.38 Å². The lowest BCUT2D eigenvalue weighted by Gasteiger charge is -2.00. The molecule has 0 amide bonds. The van der Waals surface area contributed by atoms with Crippen molar-refractivity contribution in [2.45, 2.75) is 6.10 Å². The molecule has 1 atom stereocenters. The summed E-state index contributed by atoms with van der Waals surface area (Å²) in [7, 11) is 0. The maximum atomic E-state index is 9.14. The highest BCUT2D eigenvalue weighted by molar-refractivity contribution is 9.11. The summed E-state index contributed by atoms with van der Waals surface area (Å²) in [4.78, 5) is 3.99. The zero-order valence-electron chi connectivity index (χ0n) is 5.12. The lowest BCUT2D eigenvalue weighted by molar-refractivity contribution is 0.182. The van der Waals surface area contributed by atoms with Gasteiger partial charge in [-0.05, 0) is 15.9 Å². The van der Waals surface area contributed by atoms with Crippen LogP contribution in [0.4, 0.5) is 0 Å². The first-order valence-corrected chi connectivity index (χ1v) is 4.40. The topological polar surface area (TPSA) is 59.1 Å². The fourth-order valence-electron chi connectivity index (χ4n) is 0.537. The third kappa shape index (κ3) is 1.76. The first-order chi connectivity index (χ1) is 4.74. The molecule has 0 aliphatic rings. The Hall–Kier alpha value is 0.0300. The zero-order valence-corrected chi connectivity index (χ0v) is 7.52. The number of aliphatic hydroxyl groups excluding tert-OH is 1. The Morgan fingerprint density at radius 2 is 2.60 bits per heavy atom. The van der Waals surface area contributed by atoms with E-state index in [0.29, 0.717) is 5.69 Å². The van der Waals surface area contributed by atoms with Crippen molar-refractivity contribution in [3.63, 3.8) is 0 Å². The average Bonchev–Trinajstić information content (AvgIpc) is 2.34. The number of hydrogen-bond donors (Lipinski definition) is 2. The monoisotopic (exact) mass is 222 g/mol. The molecule has 3 nitrogen and oxygen atoms in total. The van der Waals surface area contributed by atoms with Crippen molar-refractivity contribution < 1.29 is 5.11 Å². The highest BCUT2D eigenvalue weighted by Crippen LogP contribution is 2.19. The highest BCUT2D eigenvalue weighted by atomic mass is 79.9. The molecule has 0 fully saturated rings. The number of rotatable bonds is 2. The van der Waals surface area contributed by atoms with Crippen molar-refractivity contribution in [3.05, 3.63) is 15.0 Å². The summed E-state index contributed by atoms with van der Waals surface area (Å²) in [6, 6.07) is 0. The summed E-state index contributed by atoms with van der Waals surface area (Å²) in [6.07, 6.45) is -0.623. The van der Waals surface area contributed by atoms with Crippen LogP contribution in [0.3, 0.4) is 0 Å². The molecule has 56 valence electrons. The summed E-state index contributed by atoms with van der Waals surface area (Å²) < 4.78 is 0.773. The van der Waals surface area contributed by atoms with E-state index >= 15 is 0 Å². The van der Waals surface area contributed by atoms with Crippen LogP contribution in [0.5, 0.6) is 0 Å².